The highest BCUT2D eigenvalue weighted by Crippen LogP contribution is 2.41. The van der Waals surface area contributed by atoms with Crippen LogP contribution in [0.3, 0.4) is 0 Å². The molecule has 0 N–H and O–H groups in total. The molecule has 10 aromatic rings. The Labute approximate surface area is 337 Å². The molecule has 0 aliphatic rings. The van der Waals surface area contributed by atoms with Gasteiger partial charge in [-0.3, -0.25) is 0 Å². The van der Waals surface area contributed by atoms with Gasteiger partial charge in [0.05, 0.1) is 11.6 Å². The molecule has 0 aliphatic carbocycles. The number of hydrogen-bond donors (Lipinski definition) is 0. The van der Waals surface area contributed by atoms with Gasteiger partial charge in [-0.2, -0.15) is 5.26 Å². The maximum atomic E-state index is 9.39. The molecule has 270 valence electrons. The van der Waals surface area contributed by atoms with E-state index >= 15 is 0 Å². The van der Waals surface area contributed by atoms with Crippen molar-refractivity contribution in [3.8, 4) is 84.7 Å². The van der Waals surface area contributed by atoms with E-state index in [0.717, 1.165) is 61.2 Å². The van der Waals surface area contributed by atoms with Crippen LogP contribution in [0.4, 0.5) is 0 Å². The Morgan fingerprint density at radius 1 is 0.293 bits per heavy atom. The zero-order valence-corrected chi connectivity index (χ0v) is 31.4. The van der Waals surface area contributed by atoms with Crippen LogP contribution in [0.15, 0.2) is 206 Å². The van der Waals surface area contributed by atoms with Crippen LogP contribution in [0.1, 0.15) is 5.56 Å². The number of aromatic nitrogens is 3. The molecule has 0 spiro atoms. The quantitative estimate of drug-likeness (QED) is 0.163. The Morgan fingerprint density at radius 2 is 0.759 bits per heavy atom. The second-order valence-electron chi connectivity index (χ2n) is 14.4. The van der Waals surface area contributed by atoms with Crippen molar-refractivity contribution in [2.45, 2.75) is 0 Å². The number of nitrogens with zero attached hydrogens (tertiary/aromatic N) is 4. The van der Waals surface area contributed by atoms with E-state index in [0.29, 0.717) is 23.0 Å². The van der Waals surface area contributed by atoms with Crippen LogP contribution in [0.25, 0.3) is 100 Å². The van der Waals surface area contributed by atoms with Crippen molar-refractivity contribution in [1.82, 2.24) is 15.0 Å². The summed E-state index contributed by atoms with van der Waals surface area (Å²) in [6.45, 7) is 0. The highest BCUT2D eigenvalue weighted by atomic mass is 15.0. The van der Waals surface area contributed by atoms with Gasteiger partial charge in [0.15, 0.2) is 17.5 Å². The van der Waals surface area contributed by atoms with Crippen LogP contribution in [-0.2, 0) is 0 Å². The van der Waals surface area contributed by atoms with Crippen LogP contribution in [0, 0.1) is 11.3 Å². The standard InChI is InChI=1S/C54H34N4/c55-35-36-20-22-39(23-21-36)45-16-8-17-48(34-45)53-56-52(42-28-24-40(25-29-42)46-30-26-37-10-4-6-14-43(37)32-46)57-54(58-53)50-19-9-18-49(51(50)41-12-2-1-3-13-41)47-31-27-38-11-5-7-15-44(38)33-47/h1-34H. The highest BCUT2D eigenvalue weighted by molar-refractivity contribution is 5.96. The molecule has 58 heavy (non-hydrogen) atoms. The molecule has 9 aromatic carbocycles. The third-order valence-corrected chi connectivity index (χ3v) is 10.8. The Balaban J connectivity index is 1.15. The van der Waals surface area contributed by atoms with Gasteiger partial charge < -0.3 is 0 Å². The molecule has 0 saturated heterocycles. The van der Waals surface area contributed by atoms with Crippen LogP contribution in [-0.4, -0.2) is 15.0 Å². The summed E-state index contributed by atoms with van der Waals surface area (Å²) < 4.78 is 0. The minimum atomic E-state index is 0.573. The Kier molecular flexibility index (Phi) is 8.87. The molecule has 0 radical (unpaired) electrons. The average Bonchev–Trinajstić information content (AvgIpc) is 3.31. The minimum absolute atomic E-state index is 0.573. The summed E-state index contributed by atoms with van der Waals surface area (Å²) in [5.74, 6) is 1.75. The average molecular weight is 739 g/mol. The fourth-order valence-corrected chi connectivity index (χ4v) is 7.76. The van der Waals surface area contributed by atoms with Gasteiger partial charge in [-0.05, 0) is 90.8 Å². The van der Waals surface area contributed by atoms with Gasteiger partial charge in [0, 0.05) is 22.3 Å². The van der Waals surface area contributed by atoms with Crippen molar-refractivity contribution >= 4 is 21.5 Å². The van der Waals surface area contributed by atoms with Gasteiger partial charge in [-0.15, -0.1) is 0 Å². The molecule has 10 rings (SSSR count). The molecule has 0 fully saturated rings. The molecular weight excluding hydrogens is 705 g/mol. The van der Waals surface area contributed by atoms with Gasteiger partial charge in [0.2, 0.25) is 0 Å². The van der Waals surface area contributed by atoms with Gasteiger partial charge >= 0.3 is 0 Å². The number of fused-ring (bicyclic) bond motifs is 2. The first-order valence-electron chi connectivity index (χ1n) is 19.3. The molecule has 0 aliphatic heterocycles. The predicted molar refractivity (Wildman–Crippen MR) is 238 cm³/mol. The topological polar surface area (TPSA) is 62.5 Å². The van der Waals surface area contributed by atoms with Crippen molar-refractivity contribution in [1.29, 1.82) is 5.26 Å². The predicted octanol–water partition coefficient (Wildman–Crippen LogP) is 13.7. The lowest BCUT2D eigenvalue weighted by atomic mass is 9.89. The van der Waals surface area contributed by atoms with E-state index in [1.807, 2.05) is 42.5 Å². The third-order valence-electron chi connectivity index (χ3n) is 10.8. The summed E-state index contributed by atoms with van der Waals surface area (Å²) >= 11 is 0. The SMILES string of the molecule is N#Cc1ccc(-c2cccc(-c3nc(-c4ccc(-c5ccc6ccccc6c5)cc4)nc(-c4cccc(-c5ccc6ccccc6c5)c4-c4ccccc4)n3)c2)cc1. The number of benzene rings is 9. The molecule has 1 heterocycles. The fraction of sp³-hybridized carbons (Fsp3) is 0. The molecule has 0 saturated carbocycles. The van der Waals surface area contributed by atoms with E-state index in [1.54, 1.807) is 0 Å². The van der Waals surface area contributed by atoms with E-state index < -0.39 is 0 Å². The van der Waals surface area contributed by atoms with E-state index in [-0.39, 0.29) is 0 Å². The fourth-order valence-electron chi connectivity index (χ4n) is 7.76. The van der Waals surface area contributed by atoms with Crippen LogP contribution >= 0.6 is 0 Å². The van der Waals surface area contributed by atoms with Crippen LogP contribution in [0.2, 0.25) is 0 Å². The molecule has 4 nitrogen and oxygen atoms in total. The molecule has 4 heteroatoms. The maximum absolute atomic E-state index is 9.39. The van der Waals surface area contributed by atoms with Crippen LogP contribution in [0.5, 0.6) is 0 Å². The highest BCUT2D eigenvalue weighted by Gasteiger charge is 2.20. The first-order chi connectivity index (χ1) is 28.7. The van der Waals surface area contributed by atoms with E-state index in [2.05, 4.69) is 170 Å². The van der Waals surface area contributed by atoms with Gasteiger partial charge in [-0.1, -0.05) is 176 Å². The summed E-state index contributed by atoms with van der Waals surface area (Å²) in [5, 5.41) is 14.2. The smallest absolute Gasteiger partial charge is 0.164 e. The molecule has 0 unspecified atom stereocenters. The lowest BCUT2D eigenvalue weighted by Gasteiger charge is -2.17. The summed E-state index contributed by atoms with van der Waals surface area (Å²) in [7, 11) is 0. The molecule has 1 aromatic heterocycles. The first-order valence-corrected chi connectivity index (χ1v) is 19.3. The zero-order valence-electron chi connectivity index (χ0n) is 31.4. The zero-order chi connectivity index (χ0) is 38.8. The summed E-state index contributed by atoms with van der Waals surface area (Å²) in [5.41, 5.74) is 11.9. The lowest BCUT2D eigenvalue weighted by molar-refractivity contribution is 1.07. The molecular formula is C54H34N4. The first kappa shape index (κ1) is 34.5. The minimum Gasteiger partial charge on any atom is -0.208 e. The van der Waals surface area contributed by atoms with E-state index in [1.165, 1.54) is 21.5 Å². The van der Waals surface area contributed by atoms with Crippen molar-refractivity contribution in [2.24, 2.45) is 0 Å². The molecule has 0 amide bonds. The van der Waals surface area contributed by atoms with Crippen molar-refractivity contribution in [2.75, 3.05) is 0 Å². The van der Waals surface area contributed by atoms with Crippen molar-refractivity contribution in [3.05, 3.63) is 212 Å². The Hall–Kier alpha value is -8.00. The number of nitriles is 1. The molecule has 0 atom stereocenters. The molecule has 0 bridgehead atoms. The van der Waals surface area contributed by atoms with E-state index in [4.69, 9.17) is 15.0 Å². The van der Waals surface area contributed by atoms with E-state index in [9.17, 15) is 5.26 Å². The van der Waals surface area contributed by atoms with Crippen molar-refractivity contribution < 1.29 is 0 Å². The van der Waals surface area contributed by atoms with Gasteiger partial charge in [0.25, 0.3) is 0 Å². The lowest BCUT2D eigenvalue weighted by Crippen LogP contribution is -2.02. The van der Waals surface area contributed by atoms with Gasteiger partial charge in [0.1, 0.15) is 0 Å². The maximum Gasteiger partial charge on any atom is 0.164 e. The number of rotatable bonds is 7. The second kappa shape index (κ2) is 14.9. The van der Waals surface area contributed by atoms with Crippen LogP contribution < -0.4 is 0 Å². The van der Waals surface area contributed by atoms with Gasteiger partial charge in [-0.25, -0.2) is 15.0 Å². The summed E-state index contributed by atoms with van der Waals surface area (Å²) in [6.07, 6.45) is 0. The summed E-state index contributed by atoms with van der Waals surface area (Å²) in [4.78, 5) is 15.7. The Bertz CT molecular complexity index is 3160. The second-order valence-corrected chi connectivity index (χ2v) is 14.4. The van der Waals surface area contributed by atoms with Crippen molar-refractivity contribution in [3.63, 3.8) is 0 Å². The normalized spacial score (nSPS) is 11.1. The largest absolute Gasteiger partial charge is 0.208 e. The Morgan fingerprint density at radius 3 is 1.45 bits per heavy atom. The third kappa shape index (κ3) is 6.68. The summed E-state index contributed by atoms with van der Waals surface area (Å²) in [6, 6.07) is 73.6. The number of hydrogen-bond acceptors (Lipinski definition) is 4. The monoisotopic (exact) mass is 738 g/mol.